The largest absolute Gasteiger partial charge is 0.393 e. The van der Waals surface area contributed by atoms with E-state index in [1.54, 1.807) is 0 Å². The van der Waals surface area contributed by atoms with E-state index in [1.165, 1.54) is 29.3 Å². The first-order valence-corrected chi connectivity index (χ1v) is 6.96. The molecule has 2 atom stereocenters. The summed E-state index contributed by atoms with van der Waals surface area (Å²) in [6.07, 6.45) is 6.71. The molecule has 1 nitrogen and oxygen atoms in total. The fourth-order valence-electron chi connectivity index (χ4n) is 2.59. The number of rotatable bonds is 2. The molecule has 2 heteroatoms. The smallest absolute Gasteiger partial charge is 0.0543 e. The molecular weight excluding hydrogens is 264 g/mol. The van der Waals surface area contributed by atoms with Crippen LogP contribution in [0.4, 0.5) is 0 Å². The Kier molecular flexibility index (Phi) is 4.42. The van der Waals surface area contributed by atoms with Gasteiger partial charge < -0.3 is 5.11 Å². The minimum absolute atomic E-state index is 0.0741. The van der Waals surface area contributed by atoms with Crippen molar-refractivity contribution in [3.8, 4) is 0 Å². The Morgan fingerprint density at radius 2 is 1.94 bits per heavy atom. The lowest BCUT2D eigenvalue weighted by molar-refractivity contribution is 0.141. The van der Waals surface area contributed by atoms with Gasteiger partial charge in [0.25, 0.3) is 0 Å². The van der Waals surface area contributed by atoms with Crippen LogP contribution in [0.3, 0.4) is 0 Å². The van der Waals surface area contributed by atoms with Crippen LogP contribution in [-0.2, 0) is 6.42 Å². The third kappa shape index (κ3) is 3.33. The van der Waals surface area contributed by atoms with Gasteiger partial charge in [-0.15, -0.1) is 0 Å². The first-order valence-electron chi connectivity index (χ1n) is 6.17. The van der Waals surface area contributed by atoms with Crippen molar-refractivity contribution in [2.24, 2.45) is 5.92 Å². The number of halogens is 1. The second kappa shape index (κ2) is 5.83. The van der Waals surface area contributed by atoms with E-state index in [4.69, 9.17) is 0 Å². The predicted octanol–water partition coefficient (Wildman–Crippen LogP) is 3.93. The minimum atomic E-state index is -0.0741. The Bertz CT molecular complexity index is 337. The molecule has 1 fully saturated rings. The molecule has 0 radical (unpaired) electrons. The summed E-state index contributed by atoms with van der Waals surface area (Å²) in [6.45, 7) is 0. The van der Waals surface area contributed by atoms with Crippen LogP contribution in [0.2, 0.25) is 0 Å². The van der Waals surface area contributed by atoms with E-state index in [-0.39, 0.29) is 6.10 Å². The van der Waals surface area contributed by atoms with Gasteiger partial charge in [0, 0.05) is 4.47 Å². The lowest BCUT2D eigenvalue weighted by Gasteiger charge is -2.17. The molecule has 88 valence electrons. The normalized spacial score (nSPS) is 26.4. The highest BCUT2D eigenvalue weighted by Gasteiger charge is 2.19. The van der Waals surface area contributed by atoms with Gasteiger partial charge >= 0.3 is 0 Å². The summed E-state index contributed by atoms with van der Waals surface area (Å²) in [7, 11) is 0. The standard InChI is InChI=1S/C14H19BrO/c15-14-8-4-2-6-12(14)9-11-5-1-3-7-13(16)10-11/h2,4,6,8,11,13,16H,1,3,5,7,9-10H2. The maximum absolute atomic E-state index is 9.80. The van der Waals surface area contributed by atoms with Crippen molar-refractivity contribution in [2.45, 2.75) is 44.6 Å². The highest BCUT2D eigenvalue weighted by atomic mass is 79.9. The highest BCUT2D eigenvalue weighted by molar-refractivity contribution is 9.10. The number of hydrogen-bond donors (Lipinski definition) is 1. The molecule has 1 aromatic carbocycles. The van der Waals surface area contributed by atoms with Crippen molar-refractivity contribution < 1.29 is 5.11 Å². The molecule has 0 bridgehead atoms. The molecule has 1 saturated carbocycles. The van der Waals surface area contributed by atoms with Crippen LogP contribution in [0.25, 0.3) is 0 Å². The van der Waals surface area contributed by atoms with E-state index in [0.29, 0.717) is 5.92 Å². The van der Waals surface area contributed by atoms with Crippen molar-refractivity contribution in [1.82, 2.24) is 0 Å². The minimum Gasteiger partial charge on any atom is -0.393 e. The molecule has 0 aromatic heterocycles. The molecule has 1 aliphatic carbocycles. The summed E-state index contributed by atoms with van der Waals surface area (Å²) in [6, 6.07) is 8.42. The maximum Gasteiger partial charge on any atom is 0.0543 e. The van der Waals surface area contributed by atoms with Gasteiger partial charge in [-0.25, -0.2) is 0 Å². The topological polar surface area (TPSA) is 20.2 Å². The van der Waals surface area contributed by atoms with E-state index in [9.17, 15) is 5.11 Å². The third-order valence-electron chi connectivity index (χ3n) is 3.47. The Morgan fingerprint density at radius 1 is 1.19 bits per heavy atom. The van der Waals surface area contributed by atoms with Crippen LogP contribution in [0.1, 0.15) is 37.7 Å². The number of aliphatic hydroxyl groups is 1. The zero-order chi connectivity index (χ0) is 11.4. The first-order chi connectivity index (χ1) is 7.75. The van der Waals surface area contributed by atoms with Crippen LogP contribution >= 0.6 is 15.9 Å². The van der Waals surface area contributed by atoms with E-state index in [2.05, 4.69) is 40.2 Å². The van der Waals surface area contributed by atoms with Crippen molar-refractivity contribution >= 4 is 15.9 Å². The van der Waals surface area contributed by atoms with Gasteiger partial charge in [0.1, 0.15) is 0 Å². The second-order valence-corrected chi connectivity index (χ2v) is 5.69. The van der Waals surface area contributed by atoms with E-state index in [0.717, 1.165) is 19.3 Å². The fraction of sp³-hybridized carbons (Fsp3) is 0.571. The lowest BCUT2D eigenvalue weighted by atomic mass is 9.92. The summed E-state index contributed by atoms with van der Waals surface area (Å²) in [5.41, 5.74) is 1.38. The Labute approximate surface area is 106 Å². The Balaban J connectivity index is 2.00. The number of hydrogen-bond acceptors (Lipinski definition) is 1. The summed E-state index contributed by atoms with van der Waals surface area (Å²) in [4.78, 5) is 0. The molecule has 1 N–H and O–H groups in total. The number of aliphatic hydroxyl groups excluding tert-OH is 1. The van der Waals surface area contributed by atoms with Gasteiger partial charge in [0.15, 0.2) is 0 Å². The van der Waals surface area contributed by atoms with E-state index < -0.39 is 0 Å². The van der Waals surface area contributed by atoms with Gasteiger partial charge in [0.2, 0.25) is 0 Å². The van der Waals surface area contributed by atoms with E-state index >= 15 is 0 Å². The predicted molar refractivity (Wildman–Crippen MR) is 70.4 cm³/mol. The molecule has 0 aliphatic heterocycles. The molecular formula is C14H19BrO. The molecule has 0 spiro atoms. The van der Waals surface area contributed by atoms with Crippen molar-refractivity contribution in [2.75, 3.05) is 0 Å². The Morgan fingerprint density at radius 3 is 2.75 bits per heavy atom. The number of benzene rings is 1. The van der Waals surface area contributed by atoms with Crippen molar-refractivity contribution in [3.63, 3.8) is 0 Å². The summed E-state index contributed by atoms with van der Waals surface area (Å²) >= 11 is 3.60. The third-order valence-corrected chi connectivity index (χ3v) is 4.25. The highest BCUT2D eigenvalue weighted by Crippen LogP contribution is 2.28. The molecule has 1 aliphatic rings. The van der Waals surface area contributed by atoms with Crippen LogP contribution in [0, 0.1) is 5.92 Å². The van der Waals surface area contributed by atoms with Gasteiger partial charge in [0.05, 0.1) is 6.10 Å². The molecule has 2 rings (SSSR count). The summed E-state index contributed by atoms with van der Waals surface area (Å²) in [5, 5.41) is 9.80. The van der Waals surface area contributed by atoms with Crippen molar-refractivity contribution in [3.05, 3.63) is 34.3 Å². The zero-order valence-corrected chi connectivity index (χ0v) is 11.1. The molecule has 2 unspecified atom stereocenters. The molecule has 16 heavy (non-hydrogen) atoms. The van der Waals surface area contributed by atoms with Crippen LogP contribution in [0.5, 0.6) is 0 Å². The fourth-order valence-corrected chi connectivity index (χ4v) is 3.04. The zero-order valence-electron chi connectivity index (χ0n) is 9.53. The van der Waals surface area contributed by atoms with Crippen LogP contribution < -0.4 is 0 Å². The molecule has 0 saturated heterocycles. The van der Waals surface area contributed by atoms with Gasteiger partial charge in [-0.05, 0) is 36.8 Å². The summed E-state index contributed by atoms with van der Waals surface area (Å²) < 4.78 is 1.20. The van der Waals surface area contributed by atoms with E-state index in [1.807, 2.05) is 0 Å². The molecule has 1 aromatic rings. The average Bonchev–Trinajstić information content (AvgIpc) is 2.46. The SMILES string of the molecule is OC1CCCCC(Cc2ccccc2Br)C1. The average molecular weight is 283 g/mol. The lowest BCUT2D eigenvalue weighted by Crippen LogP contribution is -2.12. The van der Waals surface area contributed by atoms with Gasteiger partial charge in [-0.1, -0.05) is 53.4 Å². The first kappa shape index (κ1) is 12.1. The molecule has 0 amide bonds. The quantitative estimate of drug-likeness (QED) is 0.815. The second-order valence-electron chi connectivity index (χ2n) is 4.84. The van der Waals surface area contributed by atoms with Crippen LogP contribution in [0.15, 0.2) is 28.7 Å². The summed E-state index contributed by atoms with van der Waals surface area (Å²) in [5.74, 6) is 0.649. The maximum atomic E-state index is 9.80. The monoisotopic (exact) mass is 282 g/mol. The Hall–Kier alpha value is -0.340. The van der Waals surface area contributed by atoms with Gasteiger partial charge in [-0.3, -0.25) is 0 Å². The van der Waals surface area contributed by atoms with Crippen LogP contribution in [-0.4, -0.2) is 11.2 Å². The molecule has 0 heterocycles. The van der Waals surface area contributed by atoms with Gasteiger partial charge in [-0.2, -0.15) is 0 Å². The van der Waals surface area contributed by atoms with Crippen molar-refractivity contribution in [1.29, 1.82) is 0 Å².